The lowest BCUT2D eigenvalue weighted by Gasteiger charge is -2.04. The molecule has 3 nitrogen and oxygen atoms in total. The first-order chi connectivity index (χ1) is 8.25. The van der Waals surface area contributed by atoms with Gasteiger partial charge in [0.25, 0.3) is 0 Å². The number of hydrogen-bond donors (Lipinski definition) is 1. The van der Waals surface area contributed by atoms with Gasteiger partial charge in [0.05, 0.1) is 25.2 Å². The molecule has 0 amide bonds. The van der Waals surface area contributed by atoms with E-state index in [2.05, 4.69) is 56.8 Å². The number of H-pyrrole nitrogens is 1. The lowest BCUT2D eigenvalue weighted by atomic mass is 10.2. The van der Waals surface area contributed by atoms with Crippen LogP contribution in [-0.4, -0.2) is 16.6 Å². The number of benzene rings is 1. The van der Waals surface area contributed by atoms with Crippen molar-refractivity contribution in [3.63, 3.8) is 0 Å². The molecule has 0 bridgehead atoms. The molecule has 0 aliphatic rings. The van der Waals surface area contributed by atoms with Crippen LogP contribution < -0.4 is 0 Å². The van der Waals surface area contributed by atoms with Crippen LogP contribution in [-0.2, 0) is 17.8 Å². The molecule has 90 valence electrons. The number of aryl methyl sites for hydroxylation is 1. The number of hydrogen-bond acceptors (Lipinski definition) is 2. The van der Waals surface area contributed by atoms with Crippen LogP contribution in [0.3, 0.4) is 0 Å². The molecule has 0 aliphatic carbocycles. The van der Waals surface area contributed by atoms with Crippen LogP contribution >= 0.6 is 22.6 Å². The van der Waals surface area contributed by atoms with Crippen molar-refractivity contribution in [2.45, 2.75) is 20.0 Å². The lowest BCUT2D eigenvalue weighted by molar-refractivity contribution is 0.123. The molecule has 0 radical (unpaired) electrons. The second kappa shape index (κ2) is 6.16. The van der Waals surface area contributed by atoms with E-state index in [1.807, 2.05) is 6.92 Å². The Labute approximate surface area is 115 Å². The van der Waals surface area contributed by atoms with E-state index < -0.39 is 0 Å². The standard InChI is InChI=1S/C13H15IN2O/c1-10-13(16-9-15-10)5-6-17-8-11-3-2-4-12(14)7-11/h2-4,7,9H,5-6,8H2,1H3,(H,15,16). The van der Waals surface area contributed by atoms with Gasteiger partial charge in [-0.1, -0.05) is 12.1 Å². The number of aromatic nitrogens is 2. The minimum absolute atomic E-state index is 0.667. The highest BCUT2D eigenvalue weighted by atomic mass is 127. The highest BCUT2D eigenvalue weighted by Crippen LogP contribution is 2.09. The zero-order valence-corrected chi connectivity index (χ0v) is 11.9. The zero-order valence-electron chi connectivity index (χ0n) is 9.74. The van der Waals surface area contributed by atoms with Crippen molar-refractivity contribution in [1.29, 1.82) is 0 Å². The molecule has 0 saturated carbocycles. The number of nitrogens with zero attached hydrogens (tertiary/aromatic N) is 1. The quantitative estimate of drug-likeness (QED) is 0.670. The van der Waals surface area contributed by atoms with Crippen molar-refractivity contribution in [2.75, 3.05) is 6.61 Å². The van der Waals surface area contributed by atoms with E-state index in [1.165, 1.54) is 9.13 Å². The summed E-state index contributed by atoms with van der Waals surface area (Å²) in [5, 5.41) is 0. The van der Waals surface area contributed by atoms with Crippen LogP contribution in [0.25, 0.3) is 0 Å². The Morgan fingerprint density at radius 3 is 3.00 bits per heavy atom. The summed E-state index contributed by atoms with van der Waals surface area (Å²) in [6.07, 6.45) is 2.59. The summed E-state index contributed by atoms with van der Waals surface area (Å²) in [4.78, 5) is 7.30. The van der Waals surface area contributed by atoms with Crippen molar-refractivity contribution >= 4 is 22.6 Å². The van der Waals surface area contributed by atoms with Crippen molar-refractivity contribution in [2.24, 2.45) is 0 Å². The molecule has 1 aromatic heterocycles. The molecule has 2 rings (SSSR count). The topological polar surface area (TPSA) is 37.9 Å². The van der Waals surface area contributed by atoms with E-state index >= 15 is 0 Å². The fourth-order valence-electron chi connectivity index (χ4n) is 1.62. The van der Waals surface area contributed by atoms with Gasteiger partial charge in [0, 0.05) is 15.7 Å². The van der Waals surface area contributed by atoms with Gasteiger partial charge in [-0.15, -0.1) is 0 Å². The summed E-state index contributed by atoms with van der Waals surface area (Å²) in [6, 6.07) is 8.36. The molecule has 1 aromatic carbocycles. The average molecular weight is 342 g/mol. The van der Waals surface area contributed by atoms with E-state index in [0.29, 0.717) is 13.2 Å². The molecule has 0 unspecified atom stereocenters. The predicted molar refractivity (Wildman–Crippen MR) is 75.8 cm³/mol. The Morgan fingerprint density at radius 2 is 2.29 bits per heavy atom. The predicted octanol–water partition coefficient (Wildman–Crippen LogP) is 3.08. The Hall–Kier alpha value is -0.880. The number of nitrogens with one attached hydrogen (secondary N) is 1. The van der Waals surface area contributed by atoms with Crippen LogP contribution in [0, 0.1) is 10.5 Å². The van der Waals surface area contributed by atoms with Gasteiger partial charge in [-0.05, 0) is 47.2 Å². The van der Waals surface area contributed by atoms with E-state index in [4.69, 9.17) is 4.74 Å². The molecule has 0 fully saturated rings. The van der Waals surface area contributed by atoms with Crippen LogP contribution in [0.1, 0.15) is 17.0 Å². The first-order valence-electron chi connectivity index (χ1n) is 5.57. The van der Waals surface area contributed by atoms with Crippen molar-refractivity contribution in [3.05, 3.63) is 51.1 Å². The summed E-state index contributed by atoms with van der Waals surface area (Å²) in [7, 11) is 0. The number of halogens is 1. The largest absolute Gasteiger partial charge is 0.376 e. The van der Waals surface area contributed by atoms with E-state index in [1.54, 1.807) is 6.33 Å². The fourth-order valence-corrected chi connectivity index (χ4v) is 2.23. The first kappa shape index (κ1) is 12.6. The number of imidazole rings is 1. The van der Waals surface area contributed by atoms with E-state index in [-0.39, 0.29) is 0 Å². The van der Waals surface area contributed by atoms with Crippen molar-refractivity contribution in [3.8, 4) is 0 Å². The van der Waals surface area contributed by atoms with Gasteiger partial charge in [0.1, 0.15) is 0 Å². The molecule has 0 atom stereocenters. The number of ether oxygens (including phenoxy) is 1. The summed E-state index contributed by atoms with van der Waals surface area (Å²) in [5.74, 6) is 0. The van der Waals surface area contributed by atoms with Gasteiger partial charge in [0.15, 0.2) is 0 Å². The maximum absolute atomic E-state index is 5.65. The third kappa shape index (κ3) is 3.81. The third-order valence-corrected chi connectivity index (χ3v) is 3.25. The molecular weight excluding hydrogens is 327 g/mol. The highest BCUT2D eigenvalue weighted by Gasteiger charge is 2.00. The molecule has 0 aliphatic heterocycles. The number of aromatic amines is 1. The average Bonchev–Trinajstić information content (AvgIpc) is 2.71. The Morgan fingerprint density at radius 1 is 1.41 bits per heavy atom. The molecule has 2 aromatic rings. The highest BCUT2D eigenvalue weighted by molar-refractivity contribution is 14.1. The SMILES string of the molecule is Cc1[nH]cnc1CCOCc1cccc(I)c1. The smallest absolute Gasteiger partial charge is 0.0925 e. The second-order valence-electron chi connectivity index (χ2n) is 3.91. The monoisotopic (exact) mass is 342 g/mol. The summed E-state index contributed by atoms with van der Waals surface area (Å²) in [5.41, 5.74) is 3.44. The number of rotatable bonds is 5. The minimum atomic E-state index is 0.667. The van der Waals surface area contributed by atoms with Crippen LogP contribution in [0.5, 0.6) is 0 Å². The Kier molecular flexibility index (Phi) is 4.56. The van der Waals surface area contributed by atoms with Crippen LogP contribution in [0.4, 0.5) is 0 Å². The Balaban J connectivity index is 1.75. The first-order valence-corrected chi connectivity index (χ1v) is 6.64. The maximum Gasteiger partial charge on any atom is 0.0925 e. The van der Waals surface area contributed by atoms with E-state index in [0.717, 1.165) is 17.8 Å². The summed E-state index contributed by atoms with van der Waals surface area (Å²) < 4.78 is 6.89. The molecule has 0 spiro atoms. The molecule has 0 saturated heterocycles. The van der Waals surface area contributed by atoms with Crippen molar-refractivity contribution in [1.82, 2.24) is 9.97 Å². The molecule has 4 heteroatoms. The maximum atomic E-state index is 5.65. The molecular formula is C13H15IN2O. The van der Waals surface area contributed by atoms with Gasteiger partial charge in [-0.3, -0.25) is 0 Å². The lowest BCUT2D eigenvalue weighted by Crippen LogP contribution is -2.00. The zero-order chi connectivity index (χ0) is 12.1. The van der Waals surface area contributed by atoms with Crippen molar-refractivity contribution < 1.29 is 4.74 Å². The van der Waals surface area contributed by atoms with Crippen LogP contribution in [0.2, 0.25) is 0 Å². The van der Waals surface area contributed by atoms with Gasteiger partial charge in [-0.25, -0.2) is 4.98 Å². The van der Waals surface area contributed by atoms with Crippen LogP contribution in [0.15, 0.2) is 30.6 Å². The van der Waals surface area contributed by atoms with Gasteiger partial charge in [-0.2, -0.15) is 0 Å². The molecule has 1 heterocycles. The molecule has 17 heavy (non-hydrogen) atoms. The third-order valence-electron chi connectivity index (χ3n) is 2.58. The summed E-state index contributed by atoms with van der Waals surface area (Å²) in [6.45, 7) is 3.40. The second-order valence-corrected chi connectivity index (χ2v) is 5.15. The van der Waals surface area contributed by atoms with Gasteiger partial charge >= 0.3 is 0 Å². The fraction of sp³-hybridized carbons (Fsp3) is 0.308. The Bertz CT molecular complexity index is 482. The normalized spacial score (nSPS) is 10.7. The summed E-state index contributed by atoms with van der Waals surface area (Å²) >= 11 is 2.31. The van der Waals surface area contributed by atoms with Gasteiger partial charge in [0.2, 0.25) is 0 Å². The van der Waals surface area contributed by atoms with E-state index in [9.17, 15) is 0 Å². The van der Waals surface area contributed by atoms with Gasteiger partial charge < -0.3 is 9.72 Å². The minimum Gasteiger partial charge on any atom is -0.376 e. The molecule has 1 N–H and O–H groups in total.